The zero-order chi connectivity index (χ0) is 13.9. The summed E-state index contributed by atoms with van der Waals surface area (Å²) >= 11 is 0. The van der Waals surface area contributed by atoms with Gasteiger partial charge in [-0.15, -0.1) is 10.2 Å². The lowest BCUT2D eigenvalue weighted by Crippen LogP contribution is -2.38. The van der Waals surface area contributed by atoms with Crippen LogP contribution in [0.25, 0.3) is 5.65 Å². The molecule has 3 unspecified atom stereocenters. The molecule has 1 aliphatic carbocycles. The number of hydrogen-bond donors (Lipinski definition) is 1. The van der Waals surface area contributed by atoms with Crippen molar-refractivity contribution in [3.63, 3.8) is 0 Å². The Morgan fingerprint density at radius 3 is 3.10 bits per heavy atom. The second-order valence-corrected chi connectivity index (χ2v) is 5.60. The first-order valence-electron chi connectivity index (χ1n) is 7.36. The molecule has 1 N–H and O–H groups in total. The van der Waals surface area contributed by atoms with Crippen molar-refractivity contribution in [3.05, 3.63) is 30.2 Å². The van der Waals surface area contributed by atoms with Crippen LogP contribution < -0.4 is 5.32 Å². The first-order valence-corrected chi connectivity index (χ1v) is 7.36. The van der Waals surface area contributed by atoms with Crippen LogP contribution in [0.2, 0.25) is 0 Å². The van der Waals surface area contributed by atoms with E-state index in [4.69, 9.17) is 4.74 Å². The van der Waals surface area contributed by atoms with Gasteiger partial charge >= 0.3 is 0 Å². The Balaban J connectivity index is 1.71. The van der Waals surface area contributed by atoms with Crippen LogP contribution in [0.1, 0.15) is 44.5 Å². The lowest BCUT2D eigenvalue weighted by molar-refractivity contribution is 0.0570. The Morgan fingerprint density at radius 1 is 1.35 bits per heavy atom. The van der Waals surface area contributed by atoms with E-state index in [1.165, 1.54) is 19.3 Å². The summed E-state index contributed by atoms with van der Waals surface area (Å²) in [5, 5.41) is 12.2. The van der Waals surface area contributed by atoms with E-state index >= 15 is 0 Å². The molecule has 0 bridgehead atoms. The number of aromatic nitrogens is 3. The van der Waals surface area contributed by atoms with Gasteiger partial charge in [-0.2, -0.15) is 0 Å². The van der Waals surface area contributed by atoms with Gasteiger partial charge in [-0.3, -0.25) is 4.40 Å². The molecule has 1 aliphatic rings. The van der Waals surface area contributed by atoms with E-state index in [0.29, 0.717) is 12.1 Å². The molecule has 5 nitrogen and oxygen atoms in total. The highest BCUT2D eigenvalue weighted by atomic mass is 16.5. The highest BCUT2D eigenvalue weighted by Crippen LogP contribution is 2.23. The maximum Gasteiger partial charge on any atom is 0.160 e. The Labute approximate surface area is 119 Å². The van der Waals surface area contributed by atoms with Crippen molar-refractivity contribution in [1.29, 1.82) is 0 Å². The monoisotopic (exact) mass is 274 g/mol. The van der Waals surface area contributed by atoms with Gasteiger partial charge in [0, 0.05) is 19.3 Å². The van der Waals surface area contributed by atoms with Gasteiger partial charge in [-0.1, -0.05) is 6.07 Å². The average molecular weight is 274 g/mol. The molecule has 0 aromatic carbocycles. The SMILES string of the molecule is COC1CCCC(NC(C)c2nnc3ccccn23)C1. The molecule has 3 rings (SSSR count). The molecule has 0 amide bonds. The smallest absolute Gasteiger partial charge is 0.160 e. The topological polar surface area (TPSA) is 51.5 Å². The van der Waals surface area contributed by atoms with E-state index < -0.39 is 0 Å². The number of nitrogens with one attached hydrogen (secondary N) is 1. The van der Waals surface area contributed by atoms with Crippen LogP contribution >= 0.6 is 0 Å². The van der Waals surface area contributed by atoms with E-state index in [1.54, 1.807) is 0 Å². The first-order chi connectivity index (χ1) is 9.78. The number of methoxy groups -OCH3 is 1. The van der Waals surface area contributed by atoms with Crippen molar-refractivity contribution in [1.82, 2.24) is 19.9 Å². The number of ether oxygens (including phenoxy) is 1. The summed E-state index contributed by atoms with van der Waals surface area (Å²) in [6.45, 7) is 2.15. The minimum Gasteiger partial charge on any atom is -0.381 e. The molecule has 2 aromatic rings. The molecule has 1 saturated carbocycles. The fourth-order valence-corrected chi connectivity index (χ4v) is 3.09. The van der Waals surface area contributed by atoms with Crippen molar-refractivity contribution in [3.8, 4) is 0 Å². The largest absolute Gasteiger partial charge is 0.381 e. The van der Waals surface area contributed by atoms with Crippen LogP contribution in [-0.4, -0.2) is 33.9 Å². The lowest BCUT2D eigenvalue weighted by atomic mass is 9.92. The van der Waals surface area contributed by atoms with Crippen molar-refractivity contribution in [2.24, 2.45) is 0 Å². The van der Waals surface area contributed by atoms with Crippen molar-refractivity contribution in [2.45, 2.75) is 50.8 Å². The van der Waals surface area contributed by atoms with Crippen LogP contribution in [-0.2, 0) is 4.74 Å². The minimum absolute atomic E-state index is 0.188. The van der Waals surface area contributed by atoms with E-state index in [2.05, 4.69) is 22.4 Å². The summed E-state index contributed by atoms with van der Waals surface area (Å²) in [6, 6.07) is 6.66. The molecule has 2 aromatic heterocycles. The van der Waals surface area contributed by atoms with E-state index in [-0.39, 0.29) is 6.04 Å². The van der Waals surface area contributed by atoms with Gasteiger partial charge in [-0.05, 0) is 44.7 Å². The normalized spacial score (nSPS) is 24.9. The number of fused-ring (bicyclic) bond motifs is 1. The Morgan fingerprint density at radius 2 is 2.25 bits per heavy atom. The van der Waals surface area contributed by atoms with Crippen LogP contribution in [0.3, 0.4) is 0 Å². The third-order valence-corrected chi connectivity index (χ3v) is 4.17. The van der Waals surface area contributed by atoms with Crippen LogP contribution in [0.4, 0.5) is 0 Å². The predicted molar refractivity (Wildman–Crippen MR) is 77.6 cm³/mol. The van der Waals surface area contributed by atoms with Crippen molar-refractivity contribution < 1.29 is 4.74 Å². The fourth-order valence-electron chi connectivity index (χ4n) is 3.09. The van der Waals surface area contributed by atoms with E-state index in [1.807, 2.05) is 35.9 Å². The van der Waals surface area contributed by atoms with Crippen molar-refractivity contribution >= 4 is 5.65 Å². The Kier molecular flexibility index (Phi) is 3.98. The molecule has 0 radical (unpaired) electrons. The molecule has 0 saturated heterocycles. The highest BCUT2D eigenvalue weighted by molar-refractivity contribution is 5.37. The molecule has 108 valence electrons. The first kappa shape index (κ1) is 13.5. The van der Waals surface area contributed by atoms with Gasteiger partial charge in [0.15, 0.2) is 11.5 Å². The van der Waals surface area contributed by atoms with Gasteiger partial charge in [0.05, 0.1) is 12.1 Å². The minimum atomic E-state index is 0.188. The Bertz CT molecular complexity index is 568. The fraction of sp³-hybridized carbons (Fsp3) is 0.600. The standard InChI is InChI=1S/C15H22N4O/c1-11(16-12-6-5-7-13(10-12)20-2)15-18-17-14-8-3-4-9-19(14)15/h3-4,8-9,11-13,16H,5-7,10H2,1-2H3. The van der Waals surface area contributed by atoms with Gasteiger partial charge in [0.2, 0.25) is 0 Å². The summed E-state index contributed by atoms with van der Waals surface area (Å²) in [4.78, 5) is 0. The van der Waals surface area contributed by atoms with Crippen LogP contribution in [0.15, 0.2) is 24.4 Å². The lowest BCUT2D eigenvalue weighted by Gasteiger charge is -2.30. The van der Waals surface area contributed by atoms with Gasteiger partial charge in [0.25, 0.3) is 0 Å². The molecule has 1 fully saturated rings. The third kappa shape index (κ3) is 2.69. The van der Waals surface area contributed by atoms with E-state index in [0.717, 1.165) is 17.9 Å². The van der Waals surface area contributed by atoms with Gasteiger partial charge < -0.3 is 10.1 Å². The second kappa shape index (κ2) is 5.89. The predicted octanol–water partition coefficient (Wildman–Crippen LogP) is 2.34. The third-order valence-electron chi connectivity index (χ3n) is 4.17. The number of hydrogen-bond acceptors (Lipinski definition) is 4. The summed E-state index contributed by atoms with van der Waals surface area (Å²) in [5.41, 5.74) is 0.898. The van der Waals surface area contributed by atoms with Crippen LogP contribution in [0, 0.1) is 0 Å². The quantitative estimate of drug-likeness (QED) is 0.929. The summed E-state index contributed by atoms with van der Waals surface area (Å²) in [6.07, 6.45) is 7.10. The second-order valence-electron chi connectivity index (χ2n) is 5.60. The maximum absolute atomic E-state index is 5.49. The summed E-state index contributed by atoms with van der Waals surface area (Å²) < 4.78 is 7.54. The summed E-state index contributed by atoms with van der Waals surface area (Å²) in [7, 11) is 1.81. The van der Waals surface area contributed by atoms with Gasteiger partial charge in [0.1, 0.15) is 0 Å². The van der Waals surface area contributed by atoms with E-state index in [9.17, 15) is 0 Å². The molecular weight excluding hydrogens is 252 g/mol. The number of nitrogens with zero attached hydrogens (tertiary/aromatic N) is 3. The zero-order valence-electron chi connectivity index (χ0n) is 12.1. The Hall–Kier alpha value is -1.46. The van der Waals surface area contributed by atoms with Crippen LogP contribution in [0.5, 0.6) is 0 Å². The highest BCUT2D eigenvalue weighted by Gasteiger charge is 2.24. The number of rotatable bonds is 4. The van der Waals surface area contributed by atoms with Crippen molar-refractivity contribution in [2.75, 3.05) is 7.11 Å². The molecular formula is C15H22N4O. The molecule has 3 atom stereocenters. The zero-order valence-corrected chi connectivity index (χ0v) is 12.1. The molecule has 2 heterocycles. The summed E-state index contributed by atoms with van der Waals surface area (Å²) in [5.74, 6) is 0.972. The molecule has 5 heteroatoms. The number of pyridine rings is 1. The average Bonchev–Trinajstić information content (AvgIpc) is 2.91. The molecule has 0 spiro atoms. The molecule has 20 heavy (non-hydrogen) atoms. The molecule has 0 aliphatic heterocycles. The maximum atomic E-state index is 5.49. The van der Waals surface area contributed by atoms with Gasteiger partial charge in [-0.25, -0.2) is 0 Å².